The van der Waals surface area contributed by atoms with Gasteiger partial charge >= 0.3 is 6.09 Å². The summed E-state index contributed by atoms with van der Waals surface area (Å²) in [6, 6.07) is 11.2. The maximum absolute atomic E-state index is 12.6. The van der Waals surface area contributed by atoms with Crippen LogP contribution in [0.5, 0.6) is 0 Å². The van der Waals surface area contributed by atoms with Gasteiger partial charge in [-0.3, -0.25) is 25.3 Å². The fourth-order valence-corrected chi connectivity index (χ4v) is 4.13. The number of rotatable bonds is 7. The van der Waals surface area contributed by atoms with E-state index in [1.807, 2.05) is 17.4 Å². The number of carbonyl (C=O) groups excluding carboxylic acids is 2. The molecule has 0 aliphatic carbocycles. The van der Waals surface area contributed by atoms with Crippen LogP contribution in [0.15, 0.2) is 64.9 Å². The standard InChI is InChI=1S/C24H18Cl2N8O4/c1-2-38-24(37)30-23(36)18(11-27)32-31-15-9-16(25)22(17(26)10-15)34-19-3-4-21(35)33(20(19)12-29-34)13-14-5-7-28-8-6-14/h3-10,12,31H,2,13H2,1H3,(H,30,36,37)/b32-18-. The predicted octanol–water partition coefficient (Wildman–Crippen LogP) is 3.50. The number of alkyl carbamates (subject to hydrolysis) is 1. The van der Waals surface area contributed by atoms with Crippen LogP contribution < -0.4 is 16.3 Å². The maximum atomic E-state index is 12.6. The molecule has 0 saturated carbocycles. The highest BCUT2D eigenvalue weighted by Crippen LogP contribution is 2.34. The number of benzene rings is 1. The number of halogens is 2. The fourth-order valence-electron chi connectivity index (χ4n) is 3.48. The molecule has 192 valence electrons. The van der Waals surface area contributed by atoms with Gasteiger partial charge in [0.1, 0.15) is 11.8 Å². The molecule has 0 spiro atoms. The van der Waals surface area contributed by atoms with Crippen LogP contribution in [-0.4, -0.2) is 43.7 Å². The van der Waals surface area contributed by atoms with Gasteiger partial charge in [0.2, 0.25) is 5.71 Å². The molecular weight excluding hydrogens is 535 g/mol. The molecule has 0 fully saturated rings. The number of pyridine rings is 2. The largest absolute Gasteiger partial charge is 0.450 e. The number of hydrazone groups is 1. The lowest BCUT2D eigenvalue weighted by atomic mass is 10.2. The highest BCUT2D eigenvalue weighted by Gasteiger charge is 2.18. The minimum atomic E-state index is -1.05. The maximum Gasteiger partial charge on any atom is 0.414 e. The number of ether oxygens (including phenoxy) is 1. The molecule has 3 aromatic heterocycles. The van der Waals surface area contributed by atoms with Gasteiger partial charge in [0.15, 0.2) is 0 Å². The summed E-state index contributed by atoms with van der Waals surface area (Å²) in [5.74, 6) is -1.05. The molecule has 2 N–H and O–H groups in total. The quantitative estimate of drug-likeness (QED) is 0.260. The van der Waals surface area contributed by atoms with E-state index in [4.69, 9.17) is 23.2 Å². The number of anilines is 1. The summed E-state index contributed by atoms with van der Waals surface area (Å²) in [7, 11) is 0. The van der Waals surface area contributed by atoms with Crippen LogP contribution >= 0.6 is 23.2 Å². The lowest BCUT2D eigenvalue weighted by molar-refractivity contribution is -0.114. The second kappa shape index (κ2) is 11.5. The lowest BCUT2D eigenvalue weighted by Crippen LogP contribution is -2.36. The summed E-state index contributed by atoms with van der Waals surface area (Å²) in [6.07, 6.45) is 3.83. The molecule has 3 heterocycles. The number of carbonyl (C=O) groups is 2. The van der Waals surface area contributed by atoms with E-state index >= 15 is 0 Å². The van der Waals surface area contributed by atoms with Crippen molar-refractivity contribution in [1.29, 1.82) is 5.26 Å². The van der Waals surface area contributed by atoms with Gasteiger partial charge in [0, 0.05) is 18.5 Å². The summed E-state index contributed by atoms with van der Waals surface area (Å²) in [5.41, 5.74) is 4.33. The third-order valence-electron chi connectivity index (χ3n) is 5.15. The molecule has 0 radical (unpaired) electrons. The van der Waals surface area contributed by atoms with E-state index in [0.29, 0.717) is 23.3 Å². The Morgan fingerprint density at radius 1 is 1.13 bits per heavy atom. The van der Waals surface area contributed by atoms with Crippen molar-refractivity contribution in [2.24, 2.45) is 5.10 Å². The van der Waals surface area contributed by atoms with Crippen molar-refractivity contribution in [3.63, 3.8) is 0 Å². The molecule has 0 atom stereocenters. The van der Waals surface area contributed by atoms with E-state index in [0.717, 1.165) is 5.56 Å². The molecular formula is C24H18Cl2N8O4. The zero-order valence-electron chi connectivity index (χ0n) is 19.7. The molecule has 0 aliphatic heterocycles. The number of hydrogen-bond acceptors (Lipinski definition) is 9. The van der Waals surface area contributed by atoms with Crippen molar-refractivity contribution in [1.82, 2.24) is 24.6 Å². The van der Waals surface area contributed by atoms with Gasteiger partial charge in [-0.25, -0.2) is 9.48 Å². The molecule has 0 unspecified atom stereocenters. The molecule has 38 heavy (non-hydrogen) atoms. The molecule has 4 rings (SSSR count). The topological polar surface area (TPSA) is 156 Å². The van der Waals surface area contributed by atoms with Crippen LogP contribution in [0.2, 0.25) is 10.0 Å². The highest BCUT2D eigenvalue weighted by molar-refractivity contribution is 6.47. The first-order valence-corrected chi connectivity index (χ1v) is 11.8. The van der Waals surface area contributed by atoms with E-state index < -0.39 is 17.7 Å². The Labute approximate surface area is 225 Å². The molecule has 2 amide bonds. The van der Waals surface area contributed by atoms with Crippen molar-refractivity contribution in [3.8, 4) is 11.8 Å². The second-order valence-electron chi connectivity index (χ2n) is 7.59. The van der Waals surface area contributed by atoms with Crippen molar-refractivity contribution in [2.45, 2.75) is 13.5 Å². The van der Waals surface area contributed by atoms with Gasteiger partial charge in [-0.05, 0) is 42.8 Å². The second-order valence-corrected chi connectivity index (χ2v) is 8.40. The van der Waals surface area contributed by atoms with Gasteiger partial charge in [-0.1, -0.05) is 23.2 Å². The zero-order chi connectivity index (χ0) is 27.2. The normalized spacial score (nSPS) is 11.2. The monoisotopic (exact) mass is 552 g/mol. The first-order chi connectivity index (χ1) is 18.3. The van der Waals surface area contributed by atoms with Crippen LogP contribution in [0, 0.1) is 11.3 Å². The number of aromatic nitrogens is 4. The molecule has 0 aliphatic rings. The van der Waals surface area contributed by atoms with Gasteiger partial charge in [0.25, 0.3) is 11.5 Å². The third kappa shape index (κ3) is 5.64. The van der Waals surface area contributed by atoms with Gasteiger partial charge in [0.05, 0.1) is 46.1 Å². The molecule has 0 bridgehead atoms. The van der Waals surface area contributed by atoms with E-state index in [9.17, 15) is 19.6 Å². The first-order valence-electron chi connectivity index (χ1n) is 11.0. The zero-order valence-corrected chi connectivity index (χ0v) is 21.2. The predicted molar refractivity (Wildman–Crippen MR) is 141 cm³/mol. The van der Waals surface area contributed by atoms with Crippen molar-refractivity contribution >= 4 is 57.6 Å². The average Bonchev–Trinajstić information content (AvgIpc) is 3.30. The number of fused-ring (bicyclic) bond motifs is 1. The Balaban J connectivity index is 1.64. The minimum Gasteiger partial charge on any atom is -0.450 e. The van der Waals surface area contributed by atoms with Crippen LogP contribution in [0.1, 0.15) is 12.5 Å². The number of amides is 2. The Bertz CT molecular complexity index is 1630. The Kier molecular flexibility index (Phi) is 8.00. The number of imide groups is 1. The van der Waals surface area contributed by atoms with E-state index in [1.165, 1.54) is 22.9 Å². The summed E-state index contributed by atoms with van der Waals surface area (Å²) in [4.78, 5) is 40.0. The number of nitriles is 1. The van der Waals surface area contributed by atoms with Crippen LogP contribution in [0.25, 0.3) is 16.7 Å². The number of nitrogens with one attached hydrogen (secondary N) is 2. The lowest BCUT2D eigenvalue weighted by Gasteiger charge is -2.12. The van der Waals surface area contributed by atoms with Gasteiger partial charge in [-0.2, -0.15) is 15.5 Å². The third-order valence-corrected chi connectivity index (χ3v) is 5.73. The Morgan fingerprint density at radius 2 is 1.84 bits per heavy atom. The summed E-state index contributed by atoms with van der Waals surface area (Å²) in [6.45, 7) is 1.93. The molecule has 12 nitrogen and oxygen atoms in total. The van der Waals surface area contributed by atoms with Gasteiger partial charge < -0.3 is 9.30 Å². The van der Waals surface area contributed by atoms with Crippen LogP contribution in [0.4, 0.5) is 10.5 Å². The van der Waals surface area contributed by atoms with E-state index in [2.05, 4.69) is 25.3 Å². The molecule has 0 saturated heterocycles. The average molecular weight is 553 g/mol. The smallest absolute Gasteiger partial charge is 0.414 e. The van der Waals surface area contributed by atoms with E-state index in [-0.39, 0.29) is 27.9 Å². The van der Waals surface area contributed by atoms with E-state index in [1.54, 1.807) is 42.2 Å². The SMILES string of the molecule is CCOC(=O)NC(=O)/C(C#N)=N\Nc1cc(Cl)c(-n2ncc3c2ccc(=O)n3Cc2ccncc2)c(Cl)c1. The van der Waals surface area contributed by atoms with Gasteiger partial charge in [-0.15, -0.1) is 0 Å². The fraction of sp³-hybridized carbons (Fsp3) is 0.125. The number of nitrogens with zero attached hydrogens (tertiary/aromatic N) is 6. The Morgan fingerprint density at radius 3 is 2.50 bits per heavy atom. The highest BCUT2D eigenvalue weighted by atomic mass is 35.5. The molecule has 4 aromatic rings. The van der Waals surface area contributed by atoms with Crippen molar-refractivity contribution in [3.05, 3.63) is 81.0 Å². The Hall–Kier alpha value is -4.73. The molecule has 1 aromatic carbocycles. The van der Waals surface area contributed by atoms with Crippen LogP contribution in [0.3, 0.4) is 0 Å². The minimum absolute atomic E-state index is 0.0497. The number of hydrogen-bond donors (Lipinski definition) is 2. The summed E-state index contributed by atoms with van der Waals surface area (Å²) >= 11 is 13.1. The van der Waals surface area contributed by atoms with Crippen molar-refractivity contribution < 1.29 is 14.3 Å². The van der Waals surface area contributed by atoms with Crippen molar-refractivity contribution in [2.75, 3.05) is 12.0 Å². The summed E-state index contributed by atoms with van der Waals surface area (Å²) < 4.78 is 7.68. The van der Waals surface area contributed by atoms with Crippen LogP contribution in [-0.2, 0) is 16.1 Å². The molecule has 14 heteroatoms. The first kappa shape index (κ1) is 26.3. The summed E-state index contributed by atoms with van der Waals surface area (Å²) in [5, 5.41) is 19.5.